The standard InChI is InChI=1S/C14H18FNO2/c1-9-6-7-16(8-10(9)2)12-5-3-4-11(15)13(12)14(17)18/h3-5,9-10H,6-8H2,1-2H3,(H,17,18). The first-order chi connectivity index (χ1) is 8.50. The summed E-state index contributed by atoms with van der Waals surface area (Å²) in [6, 6.07) is 4.46. The van der Waals surface area contributed by atoms with Gasteiger partial charge in [-0.05, 0) is 30.4 Å². The molecular formula is C14H18FNO2. The topological polar surface area (TPSA) is 40.5 Å². The zero-order valence-electron chi connectivity index (χ0n) is 10.7. The number of carboxylic acid groups (broad SMARTS) is 1. The van der Waals surface area contributed by atoms with Crippen molar-refractivity contribution in [3.8, 4) is 0 Å². The van der Waals surface area contributed by atoms with Crippen LogP contribution in [0.2, 0.25) is 0 Å². The number of aromatic carboxylic acids is 1. The number of hydrogen-bond acceptors (Lipinski definition) is 2. The first-order valence-electron chi connectivity index (χ1n) is 6.27. The first-order valence-corrected chi connectivity index (χ1v) is 6.27. The van der Waals surface area contributed by atoms with Crippen molar-refractivity contribution in [2.75, 3.05) is 18.0 Å². The Hall–Kier alpha value is -1.58. The molecule has 0 amide bonds. The van der Waals surface area contributed by atoms with Gasteiger partial charge in [-0.1, -0.05) is 19.9 Å². The maximum atomic E-state index is 13.6. The molecular weight excluding hydrogens is 233 g/mol. The molecule has 1 aromatic rings. The van der Waals surface area contributed by atoms with Gasteiger partial charge < -0.3 is 10.0 Å². The molecule has 1 aliphatic rings. The van der Waals surface area contributed by atoms with E-state index < -0.39 is 11.8 Å². The smallest absolute Gasteiger partial charge is 0.340 e. The molecule has 4 heteroatoms. The molecule has 0 spiro atoms. The fourth-order valence-electron chi connectivity index (χ4n) is 2.47. The highest BCUT2D eigenvalue weighted by molar-refractivity contribution is 5.94. The van der Waals surface area contributed by atoms with Crippen LogP contribution in [-0.4, -0.2) is 24.2 Å². The maximum Gasteiger partial charge on any atom is 0.340 e. The molecule has 0 aliphatic carbocycles. The van der Waals surface area contributed by atoms with E-state index in [0.29, 0.717) is 17.5 Å². The summed E-state index contributed by atoms with van der Waals surface area (Å²) in [7, 11) is 0. The third kappa shape index (κ3) is 2.33. The van der Waals surface area contributed by atoms with E-state index in [1.54, 1.807) is 12.1 Å². The van der Waals surface area contributed by atoms with Gasteiger partial charge in [0.1, 0.15) is 11.4 Å². The summed E-state index contributed by atoms with van der Waals surface area (Å²) in [6.45, 7) is 5.92. The number of piperidine rings is 1. The Morgan fingerprint density at radius 2 is 2.11 bits per heavy atom. The maximum absolute atomic E-state index is 13.6. The van der Waals surface area contributed by atoms with Crippen molar-refractivity contribution in [1.82, 2.24) is 0 Å². The molecule has 1 saturated heterocycles. The van der Waals surface area contributed by atoms with Gasteiger partial charge in [-0.15, -0.1) is 0 Å². The summed E-state index contributed by atoms with van der Waals surface area (Å²) >= 11 is 0. The summed E-state index contributed by atoms with van der Waals surface area (Å²) in [5.74, 6) is -0.743. The number of nitrogens with zero attached hydrogens (tertiary/aromatic N) is 1. The Morgan fingerprint density at radius 1 is 1.39 bits per heavy atom. The van der Waals surface area contributed by atoms with Crippen LogP contribution < -0.4 is 4.90 Å². The van der Waals surface area contributed by atoms with Gasteiger partial charge in [-0.25, -0.2) is 9.18 Å². The minimum Gasteiger partial charge on any atom is -0.478 e. The van der Waals surface area contributed by atoms with E-state index in [-0.39, 0.29) is 5.56 Å². The molecule has 1 heterocycles. The van der Waals surface area contributed by atoms with Crippen LogP contribution in [0.25, 0.3) is 0 Å². The lowest BCUT2D eigenvalue weighted by Crippen LogP contribution is -2.39. The van der Waals surface area contributed by atoms with E-state index in [1.165, 1.54) is 6.07 Å². The van der Waals surface area contributed by atoms with Crippen LogP contribution in [0.3, 0.4) is 0 Å². The van der Waals surface area contributed by atoms with E-state index in [2.05, 4.69) is 13.8 Å². The molecule has 3 nitrogen and oxygen atoms in total. The summed E-state index contributed by atoms with van der Waals surface area (Å²) in [5, 5.41) is 9.13. The second-order valence-corrected chi connectivity index (χ2v) is 5.13. The summed E-state index contributed by atoms with van der Waals surface area (Å²) < 4.78 is 13.6. The Balaban J connectivity index is 2.34. The number of carbonyl (C=O) groups is 1. The van der Waals surface area contributed by atoms with E-state index in [0.717, 1.165) is 19.5 Å². The molecule has 0 bridgehead atoms. The molecule has 98 valence electrons. The van der Waals surface area contributed by atoms with Crippen molar-refractivity contribution in [3.63, 3.8) is 0 Å². The molecule has 0 saturated carbocycles. The van der Waals surface area contributed by atoms with Gasteiger partial charge in [0.25, 0.3) is 0 Å². The van der Waals surface area contributed by atoms with Crippen LogP contribution in [0, 0.1) is 17.7 Å². The van der Waals surface area contributed by atoms with Crippen LogP contribution in [0.5, 0.6) is 0 Å². The molecule has 0 aromatic heterocycles. The van der Waals surface area contributed by atoms with Crippen molar-refractivity contribution < 1.29 is 14.3 Å². The number of anilines is 1. The van der Waals surface area contributed by atoms with E-state index in [4.69, 9.17) is 5.11 Å². The fraction of sp³-hybridized carbons (Fsp3) is 0.500. The lowest BCUT2D eigenvalue weighted by molar-refractivity contribution is 0.0692. The van der Waals surface area contributed by atoms with E-state index in [9.17, 15) is 9.18 Å². The first kappa shape index (κ1) is 12.9. The van der Waals surface area contributed by atoms with Crippen molar-refractivity contribution in [3.05, 3.63) is 29.6 Å². The fourth-order valence-corrected chi connectivity index (χ4v) is 2.47. The number of hydrogen-bond donors (Lipinski definition) is 1. The van der Waals surface area contributed by atoms with Crippen molar-refractivity contribution >= 4 is 11.7 Å². The molecule has 18 heavy (non-hydrogen) atoms. The SMILES string of the molecule is CC1CCN(c2cccc(F)c2C(=O)O)CC1C. The minimum atomic E-state index is -1.20. The van der Waals surface area contributed by atoms with Gasteiger partial charge in [0.15, 0.2) is 0 Å². The van der Waals surface area contributed by atoms with Crippen LogP contribution in [0.1, 0.15) is 30.6 Å². The number of carboxylic acids is 1. The highest BCUT2D eigenvalue weighted by Crippen LogP contribution is 2.30. The monoisotopic (exact) mass is 251 g/mol. The second-order valence-electron chi connectivity index (χ2n) is 5.13. The lowest BCUT2D eigenvalue weighted by atomic mass is 9.88. The summed E-state index contributed by atoms with van der Waals surface area (Å²) in [6.07, 6.45) is 1.01. The third-order valence-electron chi connectivity index (χ3n) is 3.88. The van der Waals surface area contributed by atoms with Gasteiger partial charge in [-0.3, -0.25) is 0 Å². The molecule has 2 atom stereocenters. The number of benzene rings is 1. The molecule has 1 fully saturated rings. The van der Waals surface area contributed by atoms with Crippen LogP contribution in [-0.2, 0) is 0 Å². The Bertz CT molecular complexity index is 461. The van der Waals surface area contributed by atoms with E-state index in [1.807, 2.05) is 4.90 Å². The number of rotatable bonds is 2. The molecule has 1 aromatic carbocycles. The Labute approximate surface area is 106 Å². The zero-order chi connectivity index (χ0) is 13.3. The van der Waals surface area contributed by atoms with Gasteiger partial charge in [0, 0.05) is 13.1 Å². The van der Waals surface area contributed by atoms with E-state index >= 15 is 0 Å². The van der Waals surface area contributed by atoms with Crippen molar-refractivity contribution in [2.24, 2.45) is 11.8 Å². The summed E-state index contributed by atoms with van der Waals surface area (Å²) in [4.78, 5) is 13.1. The normalized spacial score (nSPS) is 24.1. The molecule has 1 aliphatic heterocycles. The Kier molecular flexibility index (Phi) is 3.55. The quantitative estimate of drug-likeness (QED) is 0.878. The zero-order valence-corrected chi connectivity index (χ0v) is 10.7. The molecule has 2 rings (SSSR count). The van der Waals surface area contributed by atoms with Crippen molar-refractivity contribution in [2.45, 2.75) is 20.3 Å². The molecule has 0 radical (unpaired) electrons. The molecule has 1 N–H and O–H groups in total. The predicted molar refractivity (Wildman–Crippen MR) is 68.5 cm³/mol. The second kappa shape index (κ2) is 4.96. The lowest BCUT2D eigenvalue weighted by Gasteiger charge is -2.37. The largest absolute Gasteiger partial charge is 0.478 e. The highest BCUT2D eigenvalue weighted by atomic mass is 19.1. The van der Waals surface area contributed by atoms with Crippen LogP contribution in [0.15, 0.2) is 18.2 Å². The van der Waals surface area contributed by atoms with Gasteiger partial charge in [0.05, 0.1) is 5.69 Å². The van der Waals surface area contributed by atoms with Gasteiger partial charge >= 0.3 is 5.97 Å². The van der Waals surface area contributed by atoms with Crippen molar-refractivity contribution in [1.29, 1.82) is 0 Å². The van der Waals surface area contributed by atoms with Gasteiger partial charge in [-0.2, -0.15) is 0 Å². The predicted octanol–water partition coefficient (Wildman–Crippen LogP) is 3.01. The Morgan fingerprint density at radius 3 is 2.72 bits per heavy atom. The van der Waals surface area contributed by atoms with Gasteiger partial charge in [0.2, 0.25) is 0 Å². The summed E-state index contributed by atoms with van der Waals surface area (Å²) in [5.41, 5.74) is 0.292. The average molecular weight is 251 g/mol. The van der Waals surface area contributed by atoms with Crippen LogP contribution in [0.4, 0.5) is 10.1 Å². The third-order valence-corrected chi connectivity index (χ3v) is 3.88. The highest BCUT2D eigenvalue weighted by Gasteiger charge is 2.26. The minimum absolute atomic E-state index is 0.209. The number of halogens is 1. The molecule has 2 unspecified atom stereocenters. The average Bonchev–Trinajstić information content (AvgIpc) is 2.32. The van der Waals surface area contributed by atoms with Crippen LogP contribution >= 0.6 is 0 Å².